The van der Waals surface area contributed by atoms with Crippen molar-refractivity contribution in [2.24, 2.45) is 0 Å². The number of benzene rings is 1. The molecule has 0 bridgehead atoms. The second kappa shape index (κ2) is 8.43. The average Bonchev–Trinajstić information content (AvgIpc) is 3.24. The fourth-order valence-electron chi connectivity index (χ4n) is 4.01. The molecule has 3 rings (SSSR count). The summed E-state index contributed by atoms with van der Waals surface area (Å²) in [6.45, 7) is 4.21. The largest absolute Gasteiger partial charge is 0.493 e. The number of nitrogens with zero attached hydrogens (tertiary/aromatic N) is 1. The summed E-state index contributed by atoms with van der Waals surface area (Å²) >= 11 is 0. The SMILES string of the molecule is C/C=C\CC(=N)CCC1CC(c2ccc3c(c2)CCO3)CN1CC=O. The van der Waals surface area contributed by atoms with E-state index in [1.165, 1.54) is 11.1 Å². The van der Waals surface area contributed by atoms with Crippen LogP contribution in [0.2, 0.25) is 0 Å². The number of ether oxygens (including phenoxy) is 1. The molecule has 0 spiro atoms. The lowest BCUT2D eigenvalue weighted by molar-refractivity contribution is -0.109. The second-order valence-corrected chi connectivity index (χ2v) is 7.09. The van der Waals surface area contributed by atoms with Crippen LogP contribution in [0.4, 0.5) is 0 Å². The van der Waals surface area contributed by atoms with Gasteiger partial charge in [-0.15, -0.1) is 0 Å². The Bertz CT molecular complexity index is 653. The van der Waals surface area contributed by atoms with Crippen molar-refractivity contribution in [1.82, 2.24) is 4.90 Å². The van der Waals surface area contributed by atoms with Gasteiger partial charge in [0.25, 0.3) is 0 Å². The van der Waals surface area contributed by atoms with Crippen LogP contribution in [0.15, 0.2) is 30.4 Å². The van der Waals surface area contributed by atoms with Gasteiger partial charge in [-0.05, 0) is 49.3 Å². The van der Waals surface area contributed by atoms with Gasteiger partial charge < -0.3 is 14.9 Å². The molecular weight excluding hydrogens is 312 g/mol. The van der Waals surface area contributed by atoms with Gasteiger partial charge in [0.2, 0.25) is 0 Å². The zero-order valence-corrected chi connectivity index (χ0v) is 15.0. The third-order valence-corrected chi connectivity index (χ3v) is 5.40. The first-order valence-corrected chi connectivity index (χ1v) is 9.32. The van der Waals surface area contributed by atoms with E-state index < -0.39 is 0 Å². The average molecular weight is 340 g/mol. The monoisotopic (exact) mass is 340 g/mol. The van der Waals surface area contributed by atoms with Crippen molar-refractivity contribution < 1.29 is 9.53 Å². The normalized spacial score (nSPS) is 22.9. The standard InChI is InChI=1S/C21H28N2O2/c1-2-3-4-19(22)6-7-20-14-18(15-23(20)10-11-24)16-5-8-21-17(13-16)9-12-25-21/h2-3,5,8,11,13,18,20,22H,4,6-7,9-10,12,14-15H2,1H3/b3-2-,22-19?. The van der Waals surface area contributed by atoms with Crippen molar-refractivity contribution in [2.75, 3.05) is 19.7 Å². The number of hydrogen-bond donors (Lipinski definition) is 1. The molecule has 1 aromatic rings. The Kier molecular flexibility index (Phi) is 6.03. The quantitative estimate of drug-likeness (QED) is 0.445. The molecule has 2 atom stereocenters. The van der Waals surface area contributed by atoms with Gasteiger partial charge in [0.15, 0.2) is 0 Å². The first-order valence-electron chi connectivity index (χ1n) is 9.32. The highest BCUT2D eigenvalue weighted by Gasteiger charge is 2.32. The summed E-state index contributed by atoms with van der Waals surface area (Å²) < 4.78 is 5.61. The molecule has 1 aromatic carbocycles. The van der Waals surface area contributed by atoms with E-state index in [1.54, 1.807) is 0 Å². The minimum atomic E-state index is 0.394. The number of hydrogen-bond acceptors (Lipinski definition) is 4. The van der Waals surface area contributed by atoms with E-state index in [2.05, 4.69) is 23.1 Å². The first-order chi connectivity index (χ1) is 12.2. The number of rotatable bonds is 8. The number of aldehydes is 1. The molecule has 1 N–H and O–H groups in total. The number of fused-ring (bicyclic) bond motifs is 1. The van der Waals surface area contributed by atoms with Crippen molar-refractivity contribution in [2.45, 2.75) is 51.0 Å². The summed E-state index contributed by atoms with van der Waals surface area (Å²) in [5, 5.41) is 8.07. The molecule has 1 saturated heterocycles. The highest BCUT2D eigenvalue weighted by Crippen LogP contribution is 2.36. The van der Waals surface area contributed by atoms with Crippen LogP contribution in [0.5, 0.6) is 5.75 Å². The van der Waals surface area contributed by atoms with Crippen LogP contribution in [-0.4, -0.2) is 42.6 Å². The van der Waals surface area contributed by atoms with Crippen molar-refractivity contribution >= 4 is 12.0 Å². The zero-order chi connectivity index (χ0) is 17.6. The topological polar surface area (TPSA) is 53.4 Å². The third kappa shape index (κ3) is 4.37. The van der Waals surface area contributed by atoms with Gasteiger partial charge in [0.1, 0.15) is 12.0 Å². The van der Waals surface area contributed by atoms with Gasteiger partial charge in [-0.3, -0.25) is 4.90 Å². The summed E-state index contributed by atoms with van der Waals surface area (Å²) in [6, 6.07) is 6.97. The maximum atomic E-state index is 11.1. The zero-order valence-electron chi connectivity index (χ0n) is 15.0. The summed E-state index contributed by atoms with van der Waals surface area (Å²) in [5.41, 5.74) is 3.46. The van der Waals surface area contributed by atoms with E-state index in [0.717, 1.165) is 63.0 Å². The summed E-state index contributed by atoms with van der Waals surface area (Å²) in [4.78, 5) is 13.4. The lowest BCUT2D eigenvalue weighted by Crippen LogP contribution is -2.31. The Morgan fingerprint density at radius 3 is 3.12 bits per heavy atom. The first kappa shape index (κ1) is 17.9. The molecule has 0 aromatic heterocycles. The van der Waals surface area contributed by atoms with Gasteiger partial charge >= 0.3 is 0 Å². The number of likely N-dealkylation sites (tertiary alicyclic amines) is 1. The molecule has 1 fully saturated rings. The van der Waals surface area contributed by atoms with E-state index in [0.29, 0.717) is 18.5 Å². The van der Waals surface area contributed by atoms with Crippen LogP contribution in [0.1, 0.15) is 49.7 Å². The van der Waals surface area contributed by atoms with Gasteiger partial charge in [0, 0.05) is 31.1 Å². The summed E-state index contributed by atoms with van der Waals surface area (Å²) in [6.07, 6.45) is 9.64. The van der Waals surface area contributed by atoms with Crippen LogP contribution in [0.3, 0.4) is 0 Å². The molecule has 2 heterocycles. The van der Waals surface area contributed by atoms with Crippen LogP contribution < -0.4 is 4.74 Å². The Balaban J connectivity index is 1.63. The second-order valence-electron chi connectivity index (χ2n) is 7.09. The number of allylic oxidation sites excluding steroid dienone is 2. The van der Waals surface area contributed by atoms with Crippen LogP contribution in [0, 0.1) is 5.41 Å². The van der Waals surface area contributed by atoms with Gasteiger partial charge in [0.05, 0.1) is 13.2 Å². The lowest BCUT2D eigenvalue weighted by Gasteiger charge is -2.21. The van der Waals surface area contributed by atoms with Gasteiger partial charge in [-0.2, -0.15) is 0 Å². The highest BCUT2D eigenvalue weighted by molar-refractivity contribution is 5.82. The Morgan fingerprint density at radius 2 is 2.32 bits per heavy atom. The number of carbonyl (C=O) groups excluding carboxylic acids is 1. The Labute approximate surface area is 150 Å². The molecule has 25 heavy (non-hydrogen) atoms. The Hall–Kier alpha value is -1.94. The fraction of sp³-hybridized carbons (Fsp3) is 0.524. The smallest absolute Gasteiger partial charge is 0.133 e. The number of nitrogens with one attached hydrogen (secondary N) is 1. The van der Waals surface area contributed by atoms with E-state index in [9.17, 15) is 4.79 Å². The molecule has 134 valence electrons. The molecule has 0 radical (unpaired) electrons. The fourth-order valence-corrected chi connectivity index (χ4v) is 4.01. The minimum Gasteiger partial charge on any atom is -0.493 e. The molecule has 4 heteroatoms. The van der Waals surface area contributed by atoms with Crippen molar-refractivity contribution in [3.8, 4) is 5.75 Å². The van der Waals surface area contributed by atoms with Crippen molar-refractivity contribution in [1.29, 1.82) is 5.41 Å². The highest BCUT2D eigenvalue weighted by atomic mass is 16.5. The van der Waals surface area contributed by atoms with E-state index >= 15 is 0 Å². The molecule has 4 nitrogen and oxygen atoms in total. The predicted molar refractivity (Wildman–Crippen MR) is 101 cm³/mol. The predicted octanol–water partition coefficient (Wildman–Crippen LogP) is 3.74. The molecule has 2 aliphatic heterocycles. The molecule has 0 amide bonds. The third-order valence-electron chi connectivity index (χ3n) is 5.40. The minimum absolute atomic E-state index is 0.394. The maximum Gasteiger partial charge on any atom is 0.133 e. The molecule has 0 aliphatic carbocycles. The van der Waals surface area contributed by atoms with Crippen LogP contribution >= 0.6 is 0 Å². The maximum absolute atomic E-state index is 11.1. The van der Waals surface area contributed by atoms with Crippen molar-refractivity contribution in [3.63, 3.8) is 0 Å². The van der Waals surface area contributed by atoms with E-state index in [1.807, 2.05) is 19.1 Å². The molecule has 0 saturated carbocycles. The Morgan fingerprint density at radius 1 is 1.44 bits per heavy atom. The summed E-state index contributed by atoms with van der Waals surface area (Å²) in [7, 11) is 0. The van der Waals surface area contributed by atoms with E-state index in [4.69, 9.17) is 10.1 Å². The van der Waals surface area contributed by atoms with Crippen LogP contribution in [0.25, 0.3) is 0 Å². The van der Waals surface area contributed by atoms with Crippen molar-refractivity contribution in [3.05, 3.63) is 41.5 Å². The number of carbonyl (C=O) groups is 1. The van der Waals surface area contributed by atoms with E-state index in [-0.39, 0.29) is 0 Å². The van der Waals surface area contributed by atoms with Gasteiger partial charge in [-0.1, -0.05) is 24.3 Å². The molecule has 2 aliphatic rings. The molecular formula is C21H28N2O2. The van der Waals surface area contributed by atoms with Gasteiger partial charge in [-0.25, -0.2) is 0 Å². The lowest BCUT2D eigenvalue weighted by atomic mass is 9.93. The van der Waals surface area contributed by atoms with Crippen LogP contribution in [-0.2, 0) is 11.2 Å². The summed E-state index contributed by atoms with van der Waals surface area (Å²) in [5.74, 6) is 1.50. The molecule has 2 unspecified atom stereocenters.